The number of aromatic nitrogens is 2. The minimum atomic E-state index is -4.73. The Morgan fingerprint density at radius 1 is 1.14 bits per heavy atom. The minimum absolute atomic E-state index is 0.146. The van der Waals surface area contributed by atoms with E-state index in [1.807, 2.05) is 12.1 Å². The zero-order chi connectivity index (χ0) is 20.9. The van der Waals surface area contributed by atoms with E-state index < -0.39 is 6.36 Å². The molecule has 0 aliphatic carbocycles. The van der Waals surface area contributed by atoms with E-state index in [2.05, 4.69) is 19.4 Å². The van der Waals surface area contributed by atoms with E-state index in [9.17, 15) is 18.0 Å². The zero-order valence-electron chi connectivity index (χ0n) is 15.2. The molecule has 0 saturated heterocycles. The lowest BCUT2D eigenvalue weighted by atomic mass is 10.1. The highest BCUT2D eigenvalue weighted by molar-refractivity contribution is 7.10. The molecule has 6 nitrogen and oxygen atoms in total. The van der Waals surface area contributed by atoms with Crippen molar-refractivity contribution >= 4 is 22.6 Å². The highest BCUT2D eigenvalue weighted by atomic mass is 32.1. The van der Waals surface area contributed by atoms with Crippen molar-refractivity contribution in [3.05, 3.63) is 54.1 Å². The maximum Gasteiger partial charge on any atom is 0.573 e. The third kappa shape index (κ3) is 6.18. The number of carbonyl (C=O) groups excluding carboxylic acids is 1. The summed E-state index contributed by atoms with van der Waals surface area (Å²) in [5.41, 5.74) is 1.48. The van der Waals surface area contributed by atoms with E-state index in [0.717, 1.165) is 17.1 Å². The molecule has 1 heterocycles. The number of methoxy groups -OCH3 is 1. The fourth-order valence-electron chi connectivity index (χ4n) is 2.45. The van der Waals surface area contributed by atoms with Crippen molar-refractivity contribution in [3.8, 4) is 22.9 Å². The number of nitrogens with one attached hydrogen (secondary N) is 1. The summed E-state index contributed by atoms with van der Waals surface area (Å²) in [6.07, 6.45) is -4.22. The number of alkyl halides is 3. The maximum atomic E-state index is 12.2. The molecule has 0 unspecified atom stereocenters. The predicted molar refractivity (Wildman–Crippen MR) is 102 cm³/mol. The van der Waals surface area contributed by atoms with Gasteiger partial charge < -0.3 is 14.8 Å². The van der Waals surface area contributed by atoms with Crippen molar-refractivity contribution in [2.24, 2.45) is 0 Å². The molecule has 1 N–H and O–H groups in total. The van der Waals surface area contributed by atoms with Crippen LogP contribution in [0.3, 0.4) is 0 Å². The van der Waals surface area contributed by atoms with Crippen LogP contribution in [0.1, 0.15) is 12.0 Å². The van der Waals surface area contributed by atoms with E-state index in [1.165, 1.54) is 24.3 Å². The Kier molecular flexibility index (Phi) is 6.32. The average Bonchev–Trinajstić information content (AvgIpc) is 3.15. The van der Waals surface area contributed by atoms with Gasteiger partial charge in [0.05, 0.1) is 7.11 Å². The third-order valence-corrected chi connectivity index (χ3v) is 4.43. The molecule has 0 aliphatic heterocycles. The van der Waals surface area contributed by atoms with Gasteiger partial charge in [0.15, 0.2) is 5.82 Å². The quantitative estimate of drug-likeness (QED) is 0.597. The molecule has 3 rings (SSSR count). The van der Waals surface area contributed by atoms with Crippen LogP contribution in [0.25, 0.3) is 11.4 Å². The van der Waals surface area contributed by atoms with Gasteiger partial charge in [-0.1, -0.05) is 24.3 Å². The van der Waals surface area contributed by atoms with Crippen LogP contribution >= 0.6 is 11.5 Å². The first-order valence-corrected chi connectivity index (χ1v) is 9.22. The van der Waals surface area contributed by atoms with Crippen LogP contribution in [0.4, 0.5) is 18.3 Å². The molecule has 0 atom stereocenters. The topological polar surface area (TPSA) is 73.3 Å². The van der Waals surface area contributed by atoms with Gasteiger partial charge in [-0.05, 0) is 36.2 Å². The number of halogens is 3. The first kappa shape index (κ1) is 20.6. The Bertz CT molecular complexity index is 975. The fraction of sp³-hybridized carbons (Fsp3) is 0.211. The number of anilines is 1. The molecule has 3 aromatic rings. The zero-order valence-corrected chi connectivity index (χ0v) is 16.0. The molecule has 1 amide bonds. The second kappa shape index (κ2) is 8.91. The third-order valence-electron chi connectivity index (χ3n) is 3.80. The smallest absolute Gasteiger partial charge is 0.497 e. The lowest BCUT2D eigenvalue weighted by Gasteiger charge is -2.09. The minimum Gasteiger partial charge on any atom is -0.497 e. The molecule has 0 spiro atoms. The van der Waals surface area contributed by atoms with E-state index in [-0.39, 0.29) is 18.1 Å². The number of ether oxygens (including phenoxy) is 2. The number of carbonyl (C=O) groups is 1. The van der Waals surface area contributed by atoms with E-state index in [1.54, 1.807) is 19.2 Å². The standard InChI is InChI=1S/C19H16F3N3O3S/c1-27-15-4-2-3-13(11-15)17-24-18(29-25-17)23-16(26)10-7-12-5-8-14(9-6-12)28-19(20,21)22/h2-6,8-9,11H,7,10H2,1H3,(H,23,24,25,26). The van der Waals surface area contributed by atoms with E-state index >= 15 is 0 Å². The van der Waals surface area contributed by atoms with Crippen LogP contribution < -0.4 is 14.8 Å². The van der Waals surface area contributed by atoms with Gasteiger partial charge in [0, 0.05) is 23.5 Å². The largest absolute Gasteiger partial charge is 0.573 e. The van der Waals surface area contributed by atoms with Crippen molar-refractivity contribution < 1.29 is 27.4 Å². The molecular weight excluding hydrogens is 407 g/mol. The lowest BCUT2D eigenvalue weighted by molar-refractivity contribution is -0.274. The number of amides is 1. The molecule has 10 heteroatoms. The summed E-state index contributed by atoms with van der Waals surface area (Å²) in [6, 6.07) is 12.7. The van der Waals surface area contributed by atoms with Crippen molar-refractivity contribution in [2.45, 2.75) is 19.2 Å². The molecule has 0 bridgehead atoms. The van der Waals surface area contributed by atoms with E-state index in [4.69, 9.17) is 4.74 Å². The van der Waals surface area contributed by atoms with Gasteiger partial charge in [0.2, 0.25) is 11.0 Å². The maximum absolute atomic E-state index is 12.2. The number of hydrogen-bond acceptors (Lipinski definition) is 6. The first-order chi connectivity index (χ1) is 13.8. The lowest BCUT2D eigenvalue weighted by Crippen LogP contribution is -2.17. The Hall–Kier alpha value is -3.14. The summed E-state index contributed by atoms with van der Waals surface area (Å²) in [5.74, 6) is 0.581. The van der Waals surface area contributed by atoms with Crippen LogP contribution in [0.2, 0.25) is 0 Å². The summed E-state index contributed by atoms with van der Waals surface area (Å²) in [7, 11) is 1.57. The van der Waals surface area contributed by atoms with Crippen LogP contribution in [-0.2, 0) is 11.2 Å². The predicted octanol–water partition coefficient (Wildman–Crippen LogP) is 4.68. The summed E-state index contributed by atoms with van der Waals surface area (Å²) in [6.45, 7) is 0. The summed E-state index contributed by atoms with van der Waals surface area (Å²) >= 11 is 1.06. The molecule has 0 fully saturated rings. The number of aryl methyl sites for hydroxylation is 1. The average molecular weight is 423 g/mol. The van der Waals surface area contributed by atoms with Crippen LogP contribution in [-0.4, -0.2) is 28.7 Å². The number of hydrogen-bond donors (Lipinski definition) is 1. The van der Waals surface area contributed by atoms with Gasteiger partial charge in [0.25, 0.3) is 0 Å². The van der Waals surface area contributed by atoms with Crippen molar-refractivity contribution in [2.75, 3.05) is 12.4 Å². The summed E-state index contributed by atoms with van der Waals surface area (Å²) in [4.78, 5) is 16.4. The van der Waals surface area contributed by atoms with E-state index in [0.29, 0.717) is 28.7 Å². The molecule has 29 heavy (non-hydrogen) atoms. The number of nitrogens with zero attached hydrogens (tertiary/aromatic N) is 2. The molecule has 2 aromatic carbocycles. The Morgan fingerprint density at radius 3 is 2.59 bits per heavy atom. The van der Waals surface area contributed by atoms with Gasteiger partial charge in [-0.3, -0.25) is 4.79 Å². The monoisotopic (exact) mass is 423 g/mol. The van der Waals surface area contributed by atoms with Gasteiger partial charge in [0.1, 0.15) is 11.5 Å². The Labute approximate surface area is 168 Å². The van der Waals surface area contributed by atoms with Gasteiger partial charge in [-0.2, -0.15) is 9.36 Å². The molecule has 152 valence electrons. The summed E-state index contributed by atoms with van der Waals surface area (Å²) < 4.78 is 49.7. The Balaban J connectivity index is 1.53. The fourth-order valence-corrected chi connectivity index (χ4v) is 3.06. The van der Waals surface area contributed by atoms with Gasteiger partial charge >= 0.3 is 6.36 Å². The highest BCUT2D eigenvalue weighted by Gasteiger charge is 2.30. The van der Waals surface area contributed by atoms with Crippen LogP contribution in [0.15, 0.2) is 48.5 Å². The Morgan fingerprint density at radius 2 is 1.90 bits per heavy atom. The van der Waals surface area contributed by atoms with Crippen molar-refractivity contribution in [3.63, 3.8) is 0 Å². The normalized spacial score (nSPS) is 11.2. The number of rotatable bonds is 7. The first-order valence-electron chi connectivity index (χ1n) is 8.45. The van der Waals surface area contributed by atoms with Gasteiger partial charge in [-0.25, -0.2) is 0 Å². The highest BCUT2D eigenvalue weighted by Crippen LogP contribution is 2.25. The van der Waals surface area contributed by atoms with Crippen LogP contribution in [0.5, 0.6) is 11.5 Å². The van der Waals surface area contributed by atoms with Crippen LogP contribution in [0, 0.1) is 0 Å². The van der Waals surface area contributed by atoms with Crippen molar-refractivity contribution in [1.29, 1.82) is 0 Å². The number of benzene rings is 2. The summed E-state index contributed by atoms with van der Waals surface area (Å²) in [5, 5.41) is 3.04. The molecule has 0 radical (unpaired) electrons. The van der Waals surface area contributed by atoms with Crippen molar-refractivity contribution in [1.82, 2.24) is 9.36 Å². The SMILES string of the molecule is COc1cccc(-c2nsc(NC(=O)CCc3ccc(OC(F)(F)F)cc3)n2)c1. The van der Waals surface area contributed by atoms with Gasteiger partial charge in [-0.15, -0.1) is 13.2 Å². The molecule has 1 aromatic heterocycles. The molecule has 0 saturated carbocycles. The molecule has 0 aliphatic rings. The second-order valence-electron chi connectivity index (χ2n) is 5.90. The molecular formula is C19H16F3N3O3S. The second-order valence-corrected chi connectivity index (χ2v) is 6.65.